The van der Waals surface area contributed by atoms with Gasteiger partial charge >= 0.3 is 0 Å². The molecule has 0 aliphatic carbocycles. The first kappa shape index (κ1) is 12.8. The molecule has 3 rings (SSSR count). The number of hydrogen-bond acceptors (Lipinski definition) is 2. The van der Waals surface area contributed by atoms with E-state index in [2.05, 4.69) is 24.4 Å². The molecule has 0 saturated carbocycles. The van der Waals surface area contributed by atoms with Crippen molar-refractivity contribution in [3.8, 4) is 0 Å². The van der Waals surface area contributed by atoms with Gasteiger partial charge in [-0.3, -0.25) is 0 Å². The summed E-state index contributed by atoms with van der Waals surface area (Å²) in [5.74, 6) is -0.157. The van der Waals surface area contributed by atoms with Gasteiger partial charge in [0, 0.05) is 28.3 Å². The second kappa shape index (κ2) is 5.06. The smallest absolute Gasteiger partial charge is 0.123 e. The number of nitrogens with one attached hydrogen (secondary N) is 1. The second-order valence-electron chi connectivity index (χ2n) is 5.29. The van der Waals surface area contributed by atoms with Crippen molar-refractivity contribution in [1.29, 1.82) is 0 Å². The number of benzene rings is 1. The van der Waals surface area contributed by atoms with Gasteiger partial charge in [0.1, 0.15) is 5.82 Å². The second-order valence-corrected chi connectivity index (χ2v) is 6.54. The third kappa shape index (κ3) is 2.45. The third-order valence-electron chi connectivity index (χ3n) is 3.96. The highest BCUT2D eigenvalue weighted by molar-refractivity contribution is 7.12. The first-order valence-corrected chi connectivity index (χ1v) is 7.58. The standard InChI is InChI=1S/C16H18FNS/c1-2-14-7-8-15(19-14)9-16(10-18-11-16)12-3-5-13(17)6-4-12/h3-8,18H,2,9-11H2,1H3. The van der Waals surface area contributed by atoms with Gasteiger partial charge in [0.15, 0.2) is 0 Å². The minimum Gasteiger partial charge on any atom is -0.315 e. The van der Waals surface area contributed by atoms with Crippen molar-refractivity contribution in [2.45, 2.75) is 25.2 Å². The zero-order chi connectivity index (χ0) is 13.3. The molecule has 1 saturated heterocycles. The van der Waals surface area contributed by atoms with Crippen LogP contribution in [0.25, 0.3) is 0 Å². The van der Waals surface area contributed by atoms with E-state index < -0.39 is 0 Å². The van der Waals surface area contributed by atoms with Gasteiger partial charge in [-0.05, 0) is 42.7 Å². The molecule has 0 spiro atoms. The zero-order valence-electron chi connectivity index (χ0n) is 11.1. The lowest BCUT2D eigenvalue weighted by Crippen LogP contribution is -2.58. The fourth-order valence-electron chi connectivity index (χ4n) is 2.70. The molecule has 0 radical (unpaired) electrons. The van der Waals surface area contributed by atoms with Crippen LogP contribution in [0, 0.1) is 5.82 Å². The van der Waals surface area contributed by atoms with Crippen LogP contribution in [0.15, 0.2) is 36.4 Å². The van der Waals surface area contributed by atoms with Gasteiger partial charge in [-0.25, -0.2) is 4.39 Å². The molecule has 1 aromatic heterocycles. The summed E-state index contributed by atoms with van der Waals surface area (Å²) >= 11 is 1.90. The van der Waals surface area contributed by atoms with Gasteiger partial charge < -0.3 is 5.32 Å². The molecule has 0 unspecified atom stereocenters. The Balaban J connectivity index is 1.84. The van der Waals surface area contributed by atoms with E-state index in [-0.39, 0.29) is 11.2 Å². The van der Waals surface area contributed by atoms with Crippen LogP contribution in [-0.2, 0) is 18.3 Å². The topological polar surface area (TPSA) is 12.0 Å². The van der Waals surface area contributed by atoms with E-state index in [1.54, 1.807) is 12.1 Å². The van der Waals surface area contributed by atoms with Crippen LogP contribution < -0.4 is 5.32 Å². The third-order valence-corrected chi connectivity index (χ3v) is 5.19. The number of halogens is 1. The van der Waals surface area contributed by atoms with Crippen molar-refractivity contribution >= 4 is 11.3 Å². The van der Waals surface area contributed by atoms with Gasteiger partial charge in [-0.2, -0.15) is 0 Å². The maximum Gasteiger partial charge on any atom is 0.123 e. The Morgan fingerprint density at radius 2 is 1.79 bits per heavy atom. The number of thiophene rings is 1. The predicted octanol–water partition coefficient (Wildman–Crippen LogP) is 3.53. The highest BCUT2D eigenvalue weighted by Gasteiger charge is 2.38. The molecule has 1 aliphatic heterocycles. The first-order valence-electron chi connectivity index (χ1n) is 6.76. The molecule has 19 heavy (non-hydrogen) atoms. The van der Waals surface area contributed by atoms with Crippen molar-refractivity contribution in [1.82, 2.24) is 5.32 Å². The molecule has 0 amide bonds. The summed E-state index contributed by atoms with van der Waals surface area (Å²) in [6.45, 7) is 4.16. The van der Waals surface area contributed by atoms with Crippen molar-refractivity contribution < 1.29 is 4.39 Å². The molecule has 3 heteroatoms. The fraction of sp³-hybridized carbons (Fsp3) is 0.375. The van der Waals surface area contributed by atoms with Crippen LogP contribution in [0.3, 0.4) is 0 Å². The molecular weight excluding hydrogens is 257 g/mol. The largest absolute Gasteiger partial charge is 0.315 e. The van der Waals surface area contributed by atoms with Gasteiger partial charge in [0.05, 0.1) is 0 Å². The summed E-state index contributed by atoms with van der Waals surface area (Å²) in [5, 5.41) is 3.37. The molecular formula is C16H18FNS. The maximum absolute atomic E-state index is 13.1. The molecule has 1 aliphatic rings. The molecule has 1 N–H and O–H groups in total. The van der Waals surface area contributed by atoms with Gasteiger partial charge in [0.25, 0.3) is 0 Å². The molecule has 100 valence electrons. The van der Waals surface area contributed by atoms with E-state index in [9.17, 15) is 4.39 Å². The minimum atomic E-state index is -0.157. The van der Waals surface area contributed by atoms with Crippen LogP contribution in [0.2, 0.25) is 0 Å². The minimum absolute atomic E-state index is 0.156. The van der Waals surface area contributed by atoms with E-state index in [1.807, 2.05) is 23.5 Å². The summed E-state index contributed by atoms with van der Waals surface area (Å²) in [5.41, 5.74) is 1.41. The van der Waals surface area contributed by atoms with E-state index >= 15 is 0 Å². The highest BCUT2D eigenvalue weighted by Crippen LogP contribution is 2.34. The summed E-state index contributed by atoms with van der Waals surface area (Å²) in [6, 6.07) is 11.5. The Bertz CT molecular complexity index is 554. The molecule has 0 atom stereocenters. The Morgan fingerprint density at radius 1 is 1.11 bits per heavy atom. The quantitative estimate of drug-likeness (QED) is 0.900. The Morgan fingerprint density at radius 3 is 2.32 bits per heavy atom. The summed E-state index contributed by atoms with van der Waals surface area (Å²) in [4.78, 5) is 2.87. The lowest BCUT2D eigenvalue weighted by atomic mass is 9.72. The fourth-order valence-corrected chi connectivity index (χ4v) is 3.80. The Labute approximate surface area is 117 Å². The van der Waals surface area contributed by atoms with Crippen molar-refractivity contribution in [3.05, 3.63) is 57.5 Å². The van der Waals surface area contributed by atoms with E-state index in [1.165, 1.54) is 15.3 Å². The average Bonchev–Trinajstić information content (AvgIpc) is 2.83. The average molecular weight is 275 g/mol. The molecule has 1 fully saturated rings. The van der Waals surface area contributed by atoms with Crippen LogP contribution in [0.5, 0.6) is 0 Å². The van der Waals surface area contributed by atoms with Crippen LogP contribution in [0.4, 0.5) is 4.39 Å². The molecule has 1 aromatic carbocycles. The van der Waals surface area contributed by atoms with Crippen LogP contribution in [-0.4, -0.2) is 13.1 Å². The zero-order valence-corrected chi connectivity index (χ0v) is 11.9. The van der Waals surface area contributed by atoms with Crippen LogP contribution in [0.1, 0.15) is 22.2 Å². The lowest BCUT2D eigenvalue weighted by Gasteiger charge is -2.43. The lowest BCUT2D eigenvalue weighted by molar-refractivity contribution is 0.276. The first-order chi connectivity index (χ1) is 9.22. The molecule has 1 nitrogen and oxygen atoms in total. The normalized spacial score (nSPS) is 17.2. The Kier molecular flexibility index (Phi) is 3.42. The van der Waals surface area contributed by atoms with Gasteiger partial charge in [0.2, 0.25) is 0 Å². The van der Waals surface area contributed by atoms with Gasteiger partial charge in [-0.15, -0.1) is 11.3 Å². The summed E-state index contributed by atoms with van der Waals surface area (Å²) in [6.07, 6.45) is 2.16. The monoisotopic (exact) mass is 275 g/mol. The number of aryl methyl sites for hydroxylation is 1. The summed E-state index contributed by atoms with van der Waals surface area (Å²) < 4.78 is 13.1. The Hall–Kier alpha value is -1.19. The molecule has 0 bridgehead atoms. The van der Waals surface area contributed by atoms with Crippen molar-refractivity contribution in [2.75, 3.05) is 13.1 Å². The van der Waals surface area contributed by atoms with Crippen molar-refractivity contribution in [2.24, 2.45) is 0 Å². The van der Waals surface area contributed by atoms with Crippen molar-refractivity contribution in [3.63, 3.8) is 0 Å². The number of hydrogen-bond donors (Lipinski definition) is 1. The summed E-state index contributed by atoms with van der Waals surface area (Å²) in [7, 11) is 0. The highest BCUT2D eigenvalue weighted by atomic mass is 32.1. The van der Waals surface area contributed by atoms with E-state index in [0.717, 1.165) is 25.9 Å². The van der Waals surface area contributed by atoms with Crippen LogP contribution >= 0.6 is 11.3 Å². The molecule has 2 aromatic rings. The maximum atomic E-state index is 13.1. The predicted molar refractivity (Wildman–Crippen MR) is 78.3 cm³/mol. The SMILES string of the molecule is CCc1ccc(CC2(c3ccc(F)cc3)CNC2)s1. The van der Waals surface area contributed by atoms with E-state index in [0.29, 0.717) is 0 Å². The molecule has 2 heterocycles. The van der Waals surface area contributed by atoms with Gasteiger partial charge in [-0.1, -0.05) is 19.1 Å². The van der Waals surface area contributed by atoms with E-state index in [4.69, 9.17) is 0 Å². The number of rotatable bonds is 4.